The van der Waals surface area contributed by atoms with Crippen LogP contribution >= 0.6 is 0 Å². The zero-order chi connectivity index (χ0) is 19.1. The Labute approximate surface area is 161 Å². The number of morpholine rings is 1. The molecule has 3 N–H and O–H groups in total. The number of nitrogen functional groups attached to an aromatic ring is 1. The second kappa shape index (κ2) is 9.53. The predicted molar refractivity (Wildman–Crippen MR) is 108 cm³/mol. The summed E-state index contributed by atoms with van der Waals surface area (Å²) in [7, 11) is 0. The Hall–Kier alpha value is -2.37. The SMILES string of the molecule is Cc1cccc(C(CNC(=O)CCc2ccccc2N)N2CCOCC2)c1. The van der Waals surface area contributed by atoms with Crippen molar-refractivity contribution in [2.24, 2.45) is 0 Å². The number of ether oxygens (including phenoxy) is 1. The molecule has 2 aromatic rings. The van der Waals surface area contributed by atoms with E-state index in [0.717, 1.165) is 37.6 Å². The number of hydrogen-bond acceptors (Lipinski definition) is 4. The minimum atomic E-state index is 0.0594. The Bertz CT molecular complexity index is 757. The summed E-state index contributed by atoms with van der Waals surface area (Å²) in [5.74, 6) is 0.0594. The summed E-state index contributed by atoms with van der Waals surface area (Å²) >= 11 is 0. The standard InChI is InChI=1S/C22H29N3O2/c1-17-5-4-7-19(15-17)21(25-11-13-27-14-12-25)16-24-22(26)10-9-18-6-2-3-8-20(18)23/h2-8,15,21H,9-14,16,23H2,1H3,(H,24,26). The summed E-state index contributed by atoms with van der Waals surface area (Å²) in [6.07, 6.45) is 1.10. The van der Waals surface area contributed by atoms with Gasteiger partial charge in [0.15, 0.2) is 0 Å². The molecule has 3 rings (SSSR count). The molecule has 2 aromatic carbocycles. The molecular formula is C22H29N3O2. The van der Waals surface area contributed by atoms with Crippen LogP contribution in [-0.4, -0.2) is 43.7 Å². The molecule has 1 heterocycles. The summed E-state index contributed by atoms with van der Waals surface area (Å²) < 4.78 is 5.49. The summed E-state index contributed by atoms with van der Waals surface area (Å²) in [6.45, 7) is 5.95. The quantitative estimate of drug-likeness (QED) is 0.739. The average Bonchev–Trinajstić information content (AvgIpc) is 2.68. The highest BCUT2D eigenvalue weighted by atomic mass is 16.5. The van der Waals surface area contributed by atoms with E-state index in [1.54, 1.807) is 0 Å². The highest BCUT2D eigenvalue weighted by molar-refractivity contribution is 5.76. The fourth-order valence-electron chi connectivity index (χ4n) is 3.53. The van der Waals surface area contributed by atoms with Crippen molar-refractivity contribution in [2.75, 3.05) is 38.6 Å². The monoisotopic (exact) mass is 367 g/mol. The molecule has 5 nitrogen and oxygen atoms in total. The number of carbonyl (C=O) groups excluding carboxylic acids is 1. The number of nitrogens with one attached hydrogen (secondary N) is 1. The van der Waals surface area contributed by atoms with Gasteiger partial charge in [0.2, 0.25) is 5.91 Å². The number of nitrogens with zero attached hydrogens (tertiary/aromatic N) is 1. The maximum atomic E-state index is 12.4. The first-order valence-corrected chi connectivity index (χ1v) is 9.62. The molecule has 1 aliphatic heterocycles. The van der Waals surface area contributed by atoms with Crippen LogP contribution in [-0.2, 0) is 16.0 Å². The van der Waals surface area contributed by atoms with Gasteiger partial charge in [-0.2, -0.15) is 0 Å². The third-order valence-electron chi connectivity index (χ3n) is 5.08. The number of benzene rings is 2. The van der Waals surface area contributed by atoms with Crippen LogP contribution in [0.15, 0.2) is 48.5 Å². The van der Waals surface area contributed by atoms with Gasteiger partial charge in [-0.1, -0.05) is 48.0 Å². The molecule has 1 saturated heterocycles. The smallest absolute Gasteiger partial charge is 0.220 e. The van der Waals surface area contributed by atoms with Crippen LogP contribution in [0.2, 0.25) is 0 Å². The third kappa shape index (κ3) is 5.55. The van der Waals surface area contributed by atoms with Crippen molar-refractivity contribution in [3.05, 3.63) is 65.2 Å². The van der Waals surface area contributed by atoms with Gasteiger partial charge < -0.3 is 15.8 Å². The van der Waals surface area contributed by atoms with Crippen LogP contribution in [0.4, 0.5) is 5.69 Å². The molecular weight excluding hydrogens is 338 g/mol. The zero-order valence-electron chi connectivity index (χ0n) is 16.0. The molecule has 1 unspecified atom stereocenters. The fourth-order valence-corrected chi connectivity index (χ4v) is 3.53. The summed E-state index contributed by atoms with van der Waals surface area (Å²) in [4.78, 5) is 14.8. The summed E-state index contributed by atoms with van der Waals surface area (Å²) in [5.41, 5.74) is 10.2. The molecule has 0 radical (unpaired) electrons. The van der Waals surface area contributed by atoms with Crippen LogP contribution in [0.3, 0.4) is 0 Å². The van der Waals surface area contributed by atoms with Crippen LogP contribution in [0, 0.1) is 6.92 Å². The molecule has 1 aliphatic rings. The largest absolute Gasteiger partial charge is 0.399 e. The molecule has 0 bridgehead atoms. The van der Waals surface area contributed by atoms with Crippen LogP contribution in [0.1, 0.15) is 29.2 Å². The van der Waals surface area contributed by atoms with Crippen molar-refractivity contribution >= 4 is 11.6 Å². The Morgan fingerprint density at radius 3 is 2.70 bits per heavy atom. The highest BCUT2D eigenvalue weighted by Crippen LogP contribution is 2.22. The van der Waals surface area contributed by atoms with E-state index in [9.17, 15) is 4.79 Å². The molecule has 5 heteroatoms. The lowest BCUT2D eigenvalue weighted by molar-refractivity contribution is -0.121. The molecule has 0 saturated carbocycles. The van der Waals surface area contributed by atoms with Gasteiger partial charge in [0.05, 0.1) is 19.3 Å². The van der Waals surface area contributed by atoms with Gasteiger partial charge in [0.1, 0.15) is 0 Å². The molecule has 144 valence electrons. The van der Waals surface area contributed by atoms with Crippen LogP contribution < -0.4 is 11.1 Å². The topological polar surface area (TPSA) is 67.6 Å². The van der Waals surface area contributed by atoms with E-state index >= 15 is 0 Å². The number of carbonyl (C=O) groups is 1. The van der Waals surface area contributed by atoms with E-state index in [0.29, 0.717) is 19.4 Å². The predicted octanol–water partition coefficient (Wildman–Crippen LogP) is 2.70. The maximum absolute atomic E-state index is 12.4. The lowest BCUT2D eigenvalue weighted by Crippen LogP contribution is -2.43. The van der Waals surface area contributed by atoms with Gasteiger partial charge in [-0.3, -0.25) is 9.69 Å². The summed E-state index contributed by atoms with van der Waals surface area (Å²) in [5, 5.41) is 3.13. The van der Waals surface area contributed by atoms with Crippen molar-refractivity contribution in [3.8, 4) is 0 Å². The fraction of sp³-hybridized carbons (Fsp3) is 0.409. The van der Waals surface area contributed by atoms with E-state index in [-0.39, 0.29) is 11.9 Å². The minimum Gasteiger partial charge on any atom is -0.399 e. The van der Waals surface area contributed by atoms with Crippen molar-refractivity contribution in [1.29, 1.82) is 0 Å². The van der Waals surface area contributed by atoms with E-state index < -0.39 is 0 Å². The summed E-state index contributed by atoms with van der Waals surface area (Å²) in [6, 6.07) is 16.4. The van der Waals surface area contributed by atoms with Crippen LogP contribution in [0.25, 0.3) is 0 Å². The first-order valence-electron chi connectivity index (χ1n) is 9.62. The number of amides is 1. The number of aryl methyl sites for hydroxylation is 2. The molecule has 0 aliphatic carbocycles. The Balaban J connectivity index is 1.60. The second-order valence-electron chi connectivity index (χ2n) is 7.08. The Morgan fingerprint density at radius 1 is 1.19 bits per heavy atom. The van der Waals surface area contributed by atoms with Crippen molar-refractivity contribution in [1.82, 2.24) is 10.2 Å². The average molecular weight is 367 g/mol. The number of para-hydroxylation sites is 1. The lowest BCUT2D eigenvalue weighted by Gasteiger charge is -2.35. The van der Waals surface area contributed by atoms with Gasteiger partial charge in [-0.05, 0) is 30.5 Å². The van der Waals surface area contributed by atoms with Gasteiger partial charge in [0, 0.05) is 31.7 Å². The molecule has 1 fully saturated rings. The van der Waals surface area contributed by atoms with E-state index in [1.807, 2.05) is 24.3 Å². The number of hydrogen-bond donors (Lipinski definition) is 2. The third-order valence-corrected chi connectivity index (χ3v) is 5.08. The van der Waals surface area contributed by atoms with Gasteiger partial charge in [0.25, 0.3) is 0 Å². The first-order chi connectivity index (χ1) is 13.1. The zero-order valence-corrected chi connectivity index (χ0v) is 16.0. The maximum Gasteiger partial charge on any atom is 0.220 e. The van der Waals surface area contributed by atoms with Crippen molar-refractivity contribution < 1.29 is 9.53 Å². The second-order valence-corrected chi connectivity index (χ2v) is 7.08. The molecule has 1 amide bonds. The van der Waals surface area contributed by atoms with Crippen molar-refractivity contribution in [2.45, 2.75) is 25.8 Å². The number of nitrogens with two attached hydrogens (primary N) is 1. The lowest BCUT2D eigenvalue weighted by atomic mass is 10.0. The Morgan fingerprint density at radius 2 is 1.96 bits per heavy atom. The van der Waals surface area contributed by atoms with E-state index in [2.05, 4.69) is 41.4 Å². The van der Waals surface area contributed by atoms with E-state index in [1.165, 1.54) is 11.1 Å². The molecule has 0 spiro atoms. The molecule has 1 atom stereocenters. The normalized spacial score (nSPS) is 16.0. The highest BCUT2D eigenvalue weighted by Gasteiger charge is 2.23. The Kier molecular flexibility index (Phi) is 6.85. The van der Waals surface area contributed by atoms with Gasteiger partial charge in [-0.25, -0.2) is 0 Å². The van der Waals surface area contributed by atoms with Gasteiger partial charge >= 0.3 is 0 Å². The molecule has 27 heavy (non-hydrogen) atoms. The number of rotatable bonds is 7. The number of anilines is 1. The van der Waals surface area contributed by atoms with Gasteiger partial charge in [-0.15, -0.1) is 0 Å². The van der Waals surface area contributed by atoms with Crippen LogP contribution in [0.5, 0.6) is 0 Å². The molecule has 0 aromatic heterocycles. The van der Waals surface area contributed by atoms with E-state index in [4.69, 9.17) is 10.5 Å². The first kappa shape index (κ1) is 19.4. The minimum absolute atomic E-state index is 0.0594. The van der Waals surface area contributed by atoms with Crippen molar-refractivity contribution in [3.63, 3.8) is 0 Å².